The van der Waals surface area contributed by atoms with Crippen molar-refractivity contribution in [1.82, 2.24) is 4.90 Å². The summed E-state index contributed by atoms with van der Waals surface area (Å²) in [5, 5.41) is 0. The van der Waals surface area contributed by atoms with Gasteiger partial charge in [-0.3, -0.25) is 0 Å². The van der Waals surface area contributed by atoms with E-state index in [1.807, 2.05) is 0 Å². The summed E-state index contributed by atoms with van der Waals surface area (Å²) in [6, 6.07) is 0. The average molecular weight is 187 g/mol. The van der Waals surface area contributed by atoms with Crippen molar-refractivity contribution in [2.45, 2.75) is 27.2 Å². The van der Waals surface area contributed by atoms with E-state index in [-0.39, 0.29) is 0 Å². The fourth-order valence-corrected chi connectivity index (χ4v) is 2.55. The van der Waals surface area contributed by atoms with Gasteiger partial charge in [0.15, 0.2) is 0 Å². The molecule has 1 rings (SSSR count). The maximum absolute atomic E-state index is 2.61. The number of nitrogens with zero attached hydrogens (tertiary/aromatic N) is 1. The summed E-state index contributed by atoms with van der Waals surface area (Å²) < 4.78 is 0. The smallest absolute Gasteiger partial charge is 0.00726 e. The van der Waals surface area contributed by atoms with Crippen molar-refractivity contribution in [3.63, 3.8) is 0 Å². The highest BCUT2D eigenvalue weighted by Crippen LogP contribution is 2.18. The molecular formula is C10H21NS. The van der Waals surface area contributed by atoms with Gasteiger partial charge in [-0.25, -0.2) is 0 Å². The Balaban J connectivity index is 2.30. The molecule has 1 aliphatic heterocycles. The Hall–Kier alpha value is 0.310. The highest BCUT2D eigenvalue weighted by Gasteiger charge is 2.17. The number of hydrogen-bond acceptors (Lipinski definition) is 2. The van der Waals surface area contributed by atoms with Gasteiger partial charge in [-0.15, -0.1) is 0 Å². The summed E-state index contributed by atoms with van der Waals surface area (Å²) in [7, 11) is 0. The first-order chi connectivity index (χ1) is 5.58. The van der Waals surface area contributed by atoms with Gasteiger partial charge in [-0.2, -0.15) is 11.8 Å². The zero-order valence-electron chi connectivity index (χ0n) is 8.60. The molecule has 0 atom stereocenters. The maximum atomic E-state index is 2.61. The summed E-state index contributed by atoms with van der Waals surface area (Å²) >= 11 is 2.10. The lowest BCUT2D eigenvalue weighted by molar-refractivity contribution is 0.203. The minimum atomic E-state index is 0.467. The molecule has 12 heavy (non-hydrogen) atoms. The van der Waals surface area contributed by atoms with Crippen LogP contribution in [0.25, 0.3) is 0 Å². The lowest BCUT2D eigenvalue weighted by atomic mass is 9.96. The average Bonchev–Trinajstić information content (AvgIpc) is 2.12. The second-order valence-electron chi connectivity index (χ2n) is 4.80. The summed E-state index contributed by atoms with van der Waals surface area (Å²) in [6.45, 7) is 10.8. The standard InChI is InChI=1S/C10H21NS/c1-10(2,3)9-11-5-4-7-12-8-6-11/h4-9H2,1-3H3. The van der Waals surface area contributed by atoms with Crippen LogP contribution in [0, 0.1) is 5.41 Å². The third-order valence-corrected chi connectivity index (χ3v) is 3.06. The Morgan fingerprint density at radius 1 is 1.17 bits per heavy atom. The van der Waals surface area contributed by atoms with Crippen molar-refractivity contribution in [1.29, 1.82) is 0 Å². The van der Waals surface area contributed by atoms with Crippen LogP contribution in [0.2, 0.25) is 0 Å². The molecule has 0 saturated carbocycles. The van der Waals surface area contributed by atoms with Crippen LogP contribution < -0.4 is 0 Å². The van der Waals surface area contributed by atoms with E-state index in [4.69, 9.17) is 0 Å². The zero-order valence-corrected chi connectivity index (χ0v) is 9.41. The first kappa shape index (κ1) is 10.4. The van der Waals surface area contributed by atoms with E-state index in [1.165, 1.54) is 37.6 Å². The van der Waals surface area contributed by atoms with E-state index in [9.17, 15) is 0 Å². The van der Waals surface area contributed by atoms with Crippen LogP contribution in [-0.2, 0) is 0 Å². The number of rotatable bonds is 1. The fraction of sp³-hybridized carbons (Fsp3) is 1.00. The van der Waals surface area contributed by atoms with Gasteiger partial charge in [0.2, 0.25) is 0 Å². The fourth-order valence-electron chi connectivity index (χ4n) is 1.63. The molecule has 2 heteroatoms. The lowest BCUT2D eigenvalue weighted by Gasteiger charge is -2.28. The molecule has 1 nitrogen and oxygen atoms in total. The van der Waals surface area contributed by atoms with E-state index in [0.717, 1.165) is 0 Å². The molecule has 0 N–H and O–H groups in total. The Bertz CT molecular complexity index is 120. The molecule has 1 fully saturated rings. The molecule has 72 valence electrons. The quantitative estimate of drug-likeness (QED) is 0.620. The van der Waals surface area contributed by atoms with Crippen molar-refractivity contribution in [2.24, 2.45) is 5.41 Å². The third kappa shape index (κ3) is 4.36. The summed E-state index contributed by atoms with van der Waals surface area (Å²) in [4.78, 5) is 2.61. The molecular weight excluding hydrogens is 166 g/mol. The molecule has 0 radical (unpaired) electrons. The molecule has 1 saturated heterocycles. The topological polar surface area (TPSA) is 3.24 Å². The van der Waals surface area contributed by atoms with E-state index in [0.29, 0.717) is 5.41 Å². The molecule has 1 aliphatic rings. The third-order valence-electron chi connectivity index (χ3n) is 2.01. The van der Waals surface area contributed by atoms with E-state index >= 15 is 0 Å². The highest BCUT2D eigenvalue weighted by atomic mass is 32.2. The van der Waals surface area contributed by atoms with Crippen LogP contribution in [0.15, 0.2) is 0 Å². The Labute approximate surface area is 80.9 Å². The van der Waals surface area contributed by atoms with Crippen LogP contribution in [0.1, 0.15) is 27.2 Å². The molecule has 1 heterocycles. The largest absolute Gasteiger partial charge is 0.302 e. The van der Waals surface area contributed by atoms with Crippen LogP contribution in [-0.4, -0.2) is 36.0 Å². The van der Waals surface area contributed by atoms with Crippen LogP contribution >= 0.6 is 11.8 Å². The monoisotopic (exact) mass is 187 g/mol. The van der Waals surface area contributed by atoms with Crippen molar-refractivity contribution >= 4 is 11.8 Å². The first-order valence-corrected chi connectivity index (χ1v) is 6.03. The minimum absolute atomic E-state index is 0.467. The molecule has 0 spiro atoms. The van der Waals surface area contributed by atoms with Crippen molar-refractivity contribution in [3.05, 3.63) is 0 Å². The van der Waals surface area contributed by atoms with Crippen LogP contribution in [0.3, 0.4) is 0 Å². The normalized spacial score (nSPS) is 22.2. The van der Waals surface area contributed by atoms with Crippen molar-refractivity contribution in [3.8, 4) is 0 Å². The number of hydrogen-bond donors (Lipinski definition) is 0. The van der Waals surface area contributed by atoms with Gasteiger partial charge in [-0.05, 0) is 24.1 Å². The Kier molecular flexibility index (Phi) is 3.91. The second kappa shape index (κ2) is 4.52. The van der Waals surface area contributed by atoms with E-state index in [1.54, 1.807) is 0 Å². The lowest BCUT2D eigenvalue weighted by Crippen LogP contribution is -2.34. The van der Waals surface area contributed by atoms with Crippen molar-refractivity contribution < 1.29 is 0 Å². The molecule has 0 aromatic rings. The SMILES string of the molecule is CC(C)(C)CN1CCCSCC1. The van der Waals surface area contributed by atoms with Crippen LogP contribution in [0.5, 0.6) is 0 Å². The van der Waals surface area contributed by atoms with Gasteiger partial charge < -0.3 is 4.90 Å². The molecule has 0 aliphatic carbocycles. The minimum Gasteiger partial charge on any atom is -0.302 e. The van der Waals surface area contributed by atoms with Gasteiger partial charge in [0.1, 0.15) is 0 Å². The van der Waals surface area contributed by atoms with Gasteiger partial charge in [0.05, 0.1) is 0 Å². The highest BCUT2D eigenvalue weighted by molar-refractivity contribution is 7.99. The predicted molar refractivity (Wildman–Crippen MR) is 57.8 cm³/mol. The van der Waals surface area contributed by atoms with Crippen molar-refractivity contribution in [2.75, 3.05) is 31.1 Å². The maximum Gasteiger partial charge on any atom is 0.00726 e. The second-order valence-corrected chi connectivity index (χ2v) is 6.03. The Morgan fingerprint density at radius 3 is 2.58 bits per heavy atom. The molecule has 0 aromatic heterocycles. The summed E-state index contributed by atoms with van der Waals surface area (Å²) in [6.07, 6.45) is 1.38. The molecule has 0 unspecified atom stereocenters. The first-order valence-electron chi connectivity index (χ1n) is 4.88. The Morgan fingerprint density at radius 2 is 1.92 bits per heavy atom. The molecule has 0 amide bonds. The predicted octanol–water partition coefficient (Wildman–Crippen LogP) is 2.47. The summed E-state index contributed by atoms with van der Waals surface area (Å²) in [5.74, 6) is 2.69. The summed E-state index contributed by atoms with van der Waals surface area (Å²) in [5.41, 5.74) is 0.467. The zero-order chi connectivity index (χ0) is 9.03. The van der Waals surface area contributed by atoms with Gasteiger partial charge in [0.25, 0.3) is 0 Å². The molecule has 0 aromatic carbocycles. The van der Waals surface area contributed by atoms with Gasteiger partial charge in [0, 0.05) is 18.8 Å². The molecule has 0 bridgehead atoms. The van der Waals surface area contributed by atoms with E-state index < -0.39 is 0 Å². The van der Waals surface area contributed by atoms with Gasteiger partial charge >= 0.3 is 0 Å². The van der Waals surface area contributed by atoms with Gasteiger partial charge in [-0.1, -0.05) is 20.8 Å². The number of thioether (sulfide) groups is 1. The van der Waals surface area contributed by atoms with Crippen LogP contribution in [0.4, 0.5) is 0 Å². The van der Waals surface area contributed by atoms with E-state index in [2.05, 4.69) is 37.4 Å².